The Hall–Kier alpha value is -1.26. The number of carbonyl (C=O) groups is 2. The summed E-state index contributed by atoms with van der Waals surface area (Å²) >= 11 is 0. The van der Waals surface area contributed by atoms with E-state index in [4.69, 9.17) is 0 Å². The van der Waals surface area contributed by atoms with Crippen LogP contribution in [0.15, 0.2) is 0 Å². The Morgan fingerprint density at radius 2 is 1.84 bits per heavy atom. The molecule has 0 heterocycles. The van der Waals surface area contributed by atoms with Gasteiger partial charge in [-0.3, -0.25) is 0 Å². The predicted molar refractivity (Wildman–Crippen MR) is 71.9 cm³/mol. The zero-order valence-electron chi connectivity index (χ0n) is 11.7. The van der Waals surface area contributed by atoms with Crippen molar-refractivity contribution in [2.45, 2.75) is 64.0 Å². The first kappa shape index (κ1) is 14.2. The third kappa shape index (κ3) is 3.01. The fourth-order valence-electron chi connectivity index (χ4n) is 3.04. The highest BCUT2D eigenvalue weighted by Crippen LogP contribution is 2.32. The van der Waals surface area contributed by atoms with E-state index in [0.29, 0.717) is 24.7 Å². The van der Waals surface area contributed by atoms with Gasteiger partial charge in [0.1, 0.15) is 5.54 Å². The minimum absolute atomic E-state index is 0.178. The van der Waals surface area contributed by atoms with Crippen LogP contribution in [0.1, 0.15) is 52.4 Å². The molecule has 2 rings (SSSR count). The van der Waals surface area contributed by atoms with Crippen molar-refractivity contribution < 1.29 is 14.7 Å². The van der Waals surface area contributed by atoms with E-state index in [1.165, 1.54) is 0 Å². The van der Waals surface area contributed by atoms with Gasteiger partial charge in [-0.15, -0.1) is 0 Å². The maximum atomic E-state index is 11.9. The number of rotatable bonds is 3. The lowest BCUT2D eigenvalue weighted by atomic mass is 9.77. The van der Waals surface area contributed by atoms with E-state index in [0.717, 1.165) is 25.7 Å². The van der Waals surface area contributed by atoms with Crippen LogP contribution in [0.5, 0.6) is 0 Å². The summed E-state index contributed by atoms with van der Waals surface area (Å²) in [6, 6.07) is -0.147. The first-order valence-electron chi connectivity index (χ1n) is 7.25. The number of aliphatic carboxylic acids is 1. The molecule has 19 heavy (non-hydrogen) atoms. The van der Waals surface area contributed by atoms with Crippen molar-refractivity contribution in [3.05, 3.63) is 0 Å². The summed E-state index contributed by atoms with van der Waals surface area (Å²) < 4.78 is 0. The summed E-state index contributed by atoms with van der Waals surface area (Å²) in [6.45, 7) is 4.45. The zero-order valence-corrected chi connectivity index (χ0v) is 11.7. The van der Waals surface area contributed by atoms with Crippen LogP contribution in [0.2, 0.25) is 0 Å². The number of hydrogen-bond donors (Lipinski definition) is 3. The molecule has 5 heteroatoms. The van der Waals surface area contributed by atoms with Gasteiger partial charge >= 0.3 is 12.0 Å². The van der Waals surface area contributed by atoms with Crippen molar-refractivity contribution in [1.82, 2.24) is 10.6 Å². The smallest absolute Gasteiger partial charge is 0.329 e. The summed E-state index contributed by atoms with van der Waals surface area (Å²) in [7, 11) is 0. The van der Waals surface area contributed by atoms with E-state index in [2.05, 4.69) is 24.5 Å². The Morgan fingerprint density at radius 1 is 1.16 bits per heavy atom. The molecule has 0 aliphatic heterocycles. The minimum atomic E-state index is -1.02. The van der Waals surface area contributed by atoms with E-state index in [-0.39, 0.29) is 12.1 Å². The van der Waals surface area contributed by atoms with Crippen molar-refractivity contribution in [3.63, 3.8) is 0 Å². The molecule has 0 spiro atoms. The zero-order chi connectivity index (χ0) is 14.0. The lowest BCUT2D eigenvalue weighted by Crippen LogP contribution is -2.62. The molecular formula is C14H24N2O3. The molecule has 2 amide bonds. The Morgan fingerprint density at radius 3 is 2.32 bits per heavy atom. The number of carbonyl (C=O) groups excluding carboxylic acids is 1. The van der Waals surface area contributed by atoms with Gasteiger partial charge < -0.3 is 15.7 Å². The van der Waals surface area contributed by atoms with Crippen molar-refractivity contribution in [2.24, 2.45) is 11.8 Å². The molecule has 3 N–H and O–H groups in total. The van der Waals surface area contributed by atoms with Gasteiger partial charge in [-0.05, 0) is 50.4 Å². The number of carboxylic acid groups (broad SMARTS) is 1. The minimum Gasteiger partial charge on any atom is -0.480 e. The second-order valence-electron chi connectivity index (χ2n) is 6.30. The second-order valence-corrected chi connectivity index (χ2v) is 6.30. The van der Waals surface area contributed by atoms with E-state index >= 15 is 0 Å². The Kier molecular flexibility index (Phi) is 4.02. The van der Waals surface area contributed by atoms with Crippen LogP contribution in [-0.2, 0) is 4.79 Å². The number of carboxylic acids is 1. The first-order chi connectivity index (χ1) is 8.93. The van der Waals surface area contributed by atoms with E-state index in [1.54, 1.807) is 0 Å². The molecule has 0 aromatic heterocycles. The van der Waals surface area contributed by atoms with Gasteiger partial charge in [-0.25, -0.2) is 9.59 Å². The summed E-state index contributed by atoms with van der Waals surface area (Å²) in [4.78, 5) is 23.1. The van der Waals surface area contributed by atoms with Crippen molar-refractivity contribution in [3.8, 4) is 0 Å². The fraction of sp³-hybridized carbons (Fsp3) is 0.857. The summed E-state index contributed by atoms with van der Waals surface area (Å²) in [5, 5.41) is 14.8. The highest BCUT2D eigenvalue weighted by molar-refractivity contribution is 5.87. The molecule has 0 bridgehead atoms. The van der Waals surface area contributed by atoms with Crippen LogP contribution < -0.4 is 10.6 Å². The first-order valence-corrected chi connectivity index (χ1v) is 7.25. The van der Waals surface area contributed by atoms with Crippen molar-refractivity contribution in [2.75, 3.05) is 0 Å². The molecule has 3 unspecified atom stereocenters. The van der Waals surface area contributed by atoms with Crippen molar-refractivity contribution >= 4 is 12.0 Å². The normalized spacial score (nSPS) is 33.1. The molecular weight excluding hydrogens is 244 g/mol. The van der Waals surface area contributed by atoms with Gasteiger partial charge in [-0.1, -0.05) is 13.8 Å². The molecule has 0 aromatic rings. The SMILES string of the molecule is CC1CCC(NC(=O)NC2(C(=O)O)CCC2)CC1C. The molecule has 2 aliphatic rings. The summed E-state index contributed by atoms with van der Waals surface area (Å²) in [6.07, 6.45) is 5.02. The summed E-state index contributed by atoms with van der Waals surface area (Å²) in [5.41, 5.74) is -1.02. The molecule has 0 saturated heterocycles. The molecule has 108 valence electrons. The predicted octanol–water partition coefficient (Wildman–Crippen LogP) is 2.12. The maximum absolute atomic E-state index is 11.9. The molecule has 2 aliphatic carbocycles. The third-order valence-corrected chi connectivity index (χ3v) is 4.90. The Bertz CT molecular complexity index is 366. The van der Waals surface area contributed by atoms with Gasteiger partial charge in [0.05, 0.1) is 0 Å². The lowest BCUT2D eigenvalue weighted by molar-refractivity contribution is -0.148. The second kappa shape index (κ2) is 5.39. The average molecular weight is 268 g/mol. The van der Waals surface area contributed by atoms with Gasteiger partial charge in [-0.2, -0.15) is 0 Å². The number of nitrogens with one attached hydrogen (secondary N) is 2. The van der Waals surface area contributed by atoms with Crippen LogP contribution in [0.25, 0.3) is 0 Å². The molecule has 3 atom stereocenters. The average Bonchev–Trinajstić information content (AvgIpc) is 2.28. The summed E-state index contributed by atoms with van der Waals surface area (Å²) in [5.74, 6) is 0.397. The molecule has 2 saturated carbocycles. The molecule has 5 nitrogen and oxygen atoms in total. The van der Waals surface area contributed by atoms with Gasteiger partial charge in [0.15, 0.2) is 0 Å². The topological polar surface area (TPSA) is 78.4 Å². The van der Waals surface area contributed by atoms with Crippen LogP contribution >= 0.6 is 0 Å². The third-order valence-electron chi connectivity index (χ3n) is 4.90. The fourth-order valence-corrected chi connectivity index (χ4v) is 3.04. The standard InChI is InChI=1S/C14H24N2O3/c1-9-4-5-11(8-10(9)2)15-13(19)16-14(12(17)18)6-3-7-14/h9-11H,3-8H2,1-2H3,(H,17,18)(H2,15,16,19). The maximum Gasteiger partial charge on any atom is 0.329 e. The molecule has 0 radical (unpaired) electrons. The van der Waals surface area contributed by atoms with Gasteiger partial charge in [0, 0.05) is 6.04 Å². The van der Waals surface area contributed by atoms with E-state index < -0.39 is 11.5 Å². The number of urea groups is 1. The highest BCUT2D eigenvalue weighted by atomic mass is 16.4. The van der Waals surface area contributed by atoms with E-state index in [1.807, 2.05) is 0 Å². The number of hydrogen-bond acceptors (Lipinski definition) is 2. The van der Waals surface area contributed by atoms with Crippen molar-refractivity contribution in [1.29, 1.82) is 0 Å². The Balaban J connectivity index is 1.83. The van der Waals surface area contributed by atoms with E-state index in [9.17, 15) is 14.7 Å². The van der Waals surface area contributed by atoms with Crippen LogP contribution in [-0.4, -0.2) is 28.7 Å². The van der Waals surface area contributed by atoms with Crippen LogP contribution in [0.3, 0.4) is 0 Å². The van der Waals surface area contributed by atoms with Crippen LogP contribution in [0, 0.1) is 11.8 Å². The van der Waals surface area contributed by atoms with Crippen LogP contribution in [0.4, 0.5) is 4.79 Å². The quantitative estimate of drug-likeness (QED) is 0.733. The molecule has 0 aromatic carbocycles. The number of amides is 2. The van der Waals surface area contributed by atoms with Gasteiger partial charge in [0.2, 0.25) is 0 Å². The molecule has 2 fully saturated rings. The lowest BCUT2D eigenvalue weighted by Gasteiger charge is -2.39. The monoisotopic (exact) mass is 268 g/mol. The highest BCUT2D eigenvalue weighted by Gasteiger charge is 2.46. The van der Waals surface area contributed by atoms with Gasteiger partial charge in [0.25, 0.3) is 0 Å². The Labute approximate surface area is 114 Å². The largest absolute Gasteiger partial charge is 0.480 e.